The van der Waals surface area contributed by atoms with Crippen molar-refractivity contribution in [2.24, 2.45) is 11.8 Å². The molecule has 0 radical (unpaired) electrons. The maximum absolute atomic E-state index is 14.6. The number of likely N-dealkylation sites (tertiary alicyclic amines) is 1. The zero-order chi connectivity index (χ0) is 18.6. The lowest BCUT2D eigenvalue weighted by Gasteiger charge is -2.26. The van der Waals surface area contributed by atoms with Crippen molar-refractivity contribution in [1.82, 2.24) is 25.1 Å². The number of aromatic nitrogens is 4. The Balaban J connectivity index is 1.21. The second kappa shape index (κ2) is 5.95. The molecule has 2 aliphatic rings. The Kier molecular flexibility index (Phi) is 3.65. The summed E-state index contributed by atoms with van der Waals surface area (Å²) < 4.78 is 29.2. The van der Waals surface area contributed by atoms with Crippen molar-refractivity contribution < 1.29 is 8.78 Å². The van der Waals surface area contributed by atoms with Gasteiger partial charge >= 0.3 is 0 Å². The fourth-order valence-corrected chi connectivity index (χ4v) is 4.16. The summed E-state index contributed by atoms with van der Waals surface area (Å²) in [6, 6.07) is 6.82. The van der Waals surface area contributed by atoms with Crippen LogP contribution in [0.4, 0.5) is 14.6 Å². The van der Waals surface area contributed by atoms with Crippen LogP contribution in [-0.4, -0.2) is 50.7 Å². The fourth-order valence-electron chi connectivity index (χ4n) is 4.16. The molecule has 6 nitrogen and oxygen atoms in total. The van der Waals surface area contributed by atoms with E-state index in [1.165, 1.54) is 18.5 Å². The first-order chi connectivity index (χ1) is 13.0. The number of aryl methyl sites for hydroxylation is 1. The number of nitrogens with one attached hydrogen (secondary N) is 2. The maximum atomic E-state index is 14.6. The summed E-state index contributed by atoms with van der Waals surface area (Å²) >= 11 is 0. The molecule has 1 saturated carbocycles. The van der Waals surface area contributed by atoms with Gasteiger partial charge in [-0.05, 0) is 18.8 Å². The van der Waals surface area contributed by atoms with E-state index in [1.807, 2.05) is 11.8 Å². The van der Waals surface area contributed by atoms with Crippen LogP contribution >= 0.6 is 0 Å². The largest absolute Gasteiger partial charge is 0.366 e. The van der Waals surface area contributed by atoms with E-state index in [9.17, 15) is 8.78 Å². The zero-order valence-corrected chi connectivity index (χ0v) is 14.9. The topological polar surface area (TPSA) is 69.7 Å². The summed E-state index contributed by atoms with van der Waals surface area (Å²) in [6.45, 7) is 3.04. The Morgan fingerprint density at radius 1 is 1.19 bits per heavy atom. The predicted molar refractivity (Wildman–Crippen MR) is 97.6 cm³/mol. The summed E-state index contributed by atoms with van der Waals surface area (Å²) in [5.41, 5.74) is 1.77. The van der Waals surface area contributed by atoms with Gasteiger partial charge in [0.25, 0.3) is 5.92 Å². The highest BCUT2D eigenvalue weighted by molar-refractivity contribution is 5.85. The van der Waals surface area contributed by atoms with E-state index in [1.54, 1.807) is 18.3 Å². The van der Waals surface area contributed by atoms with Gasteiger partial charge < -0.3 is 5.32 Å². The fraction of sp³-hybridized carbons (Fsp3) is 0.421. The van der Waals surface area contributed by atoms with Crippen molar-refractivity contribution in [2.75, 3.05) is 25.0 Å². The summed E-state index contributed by atoms with van der Waals surface area (Å²) in [5, 5.41) is 11.1. The van der Waals surface area contributed by atoms with E-state index >= 15 is 0 Å². The maximum Gasteiger partial charge on any atom is 0.285 e. The van der Waals surface area contributed by atoms with Gasteiger partial charge in [-0.25, -0.2) is 9.97 Å². The van der Waals surface area contributed by atoms with Crippen molar-refractivity contribution in [1.29, 1.82) is 0 Å². The van der Waals surface area contributed by atoms with Crippen LogP contribution in [0.15, 0.2) is 36.8 Å². The average molecular weight is 370 g/mol. The highest BCUT2D eigenvalue weighted by Crippen LogP contribution is 2.48. The monoisotopic (exact) mass is 370 g/mol. The van der Waals surface area contributed by atoms with Crippen molar-refractivity contribution in [2.45, 2.75) is 18.9 Å². The van der Waals surface area contributed by atoms with Crippen LogP contribution in [0, 0.1) is 18.8 Å². The molecule has 1 aliphatic carbocycles. The molecule has 3 aromatic rings. The van der Waals surface area contributed by atoms with Crippen LogP contribution in [0.25, 0.3) is 11.0 Å². The Hall–Kier alpha value is -2.61. The van der Waals surface area contributed by atoms with Crippen molar-refractivity contribution in [3.05, 3.63) is 47.9 Å². The van der Waals surface area contributed by atoms with Crippen LogP contribution in [0.2, 0.25) is 0 Å². The lowest BCUT2D eigenvalue weighted by molar-refractivity contribution is -0.0352. The lowest BCUT2D eigenvalue weighted by atomic mass is 10.1. The van der Waals surface area contributed by atoms with Gasteiger partial charge in [0.05, 0.1) is 18.1 Å². The summed E-state index contributed by atoms with van der Waals surface area (Å²) in [6.07, 6.45) is 3.19. The number of aromatic amines is 1. The number of nitrogens with zero attached hydrogens (tertiary/aromatic N) is 4. The average Bonchev–Trinajstić information content (AvgIpc) is 3.03. The molecular weight excluding hydrogens is 350 g/mol. The first-order valence-corrected chi connectivity index (χ1v) is 9.09. The second-order valence-corrected chi connectivity index (χ2v) is 7.62. The zero-order valence-electron chi connectivity index (χ0n) is 14.9. The van der Waals surface area contributed by atoms with Crippen LogP contribution in [0.5, 0.6) is 0 Å². The molecule has 2 unspecified atom stereocenters. The van der Waals surface area contributed by atoms with Crippen LogP contribution < -0.4 is 5.32 Å². The molecule has 1 saturated heterocycles. The van der Waals surface area contributed by atoms with Gasteiger partial charge in [0.1, 0.15) is 12.1 Å². The molecule has 1 aromatic carbocycles. The Morgan fingerprint density at radius 2 is 1.93 bits per heavy atom. The number of hydrogen-bond acceptors (Lipinski definition) is 5. The third kappa shape index (κ3) is 2.93. The number of benzene rings is 1. The van der Waals surface area contributed by atoms with Gasteiger partial charge in [-0.1, -0.05) is 29.8 Å². The highest BCUT2D eigenvalue weighted by Gasteiger charge is 2.57. The van der Waals surface area contributed by atoms with Gasteiger partial charge in [0.15, 0.2) is 5.65 Å². The first-order valence-electron chi connectivity index (χ1n) is 9.09. The molecule has 0 amide bonds. The number of halogens is 2. The van der Waals surface area contributed by atoms with E-state index in [0.29, 0.717) is 30.6 Å². The number of alkyl halides is 2. The Morgan fingerprint density at radius 3 is 2.67 bits per heavy atom. The van der Waals surface area contributed by atoms with Crippen molar-refractivity contribution in [3.8, 4) is 0 Å². The molecule has 5 rings (SSSR count). The minimum Gasteiger partial charge on any atom is -0.366 e. The smallest absolute Gasteiger partial charge is 0.285 e. The minimum atomic E-state index is -2.83. The predicted octanol–water partition coefficient (Wildman–Crippen LogP) is 2.80. The molecule has 2 fully saturated rings. The lowest BCUT2D eigenvalue weighted by Crippen LogP contribution is -2.37. The number of piperidine rings is 1. The molecule has 8 heteroatoms. The Bertz CT molecular complexity index is 958. The number of H-pyrrole nitrogens is 1. The van der Waals surface area contributed by atoms with Crippen molar-refractivity contribution in [3.63, 3.8) is 0 Å². The Labute approximate surface area is 155 Å². The molecule has 0 bridgehead atoms. The molecule has 2 atom stereocenters. The standard InChI is InChI=1S/C19H20F2N6/c1-11-2-4-12(5-3-11)19(20,21)9-27-7-14-15(8-27)16(14)25-17-13-6-24-26-18(13)23-10-22-17/h2-6,10,14-16H,7-9H2,1H3,(H2,22,23,24,25,26). The van der Waals surface area contributed by atoms with E-state index < -0.39 is 5.92 Å². The van der Waals surface area contributed by atoms with Gasteiger partial charge in [0.2, 0.25) is 0 Å². The highest BCUT2D eigenvalue weighted by atomic mass is 19.3. The van der Waals surface area contributed by atoms with E-state index in [4.69, 9.17) is 0 Å². The second-order valence-electron chi connectivity index (χ2n) is 7.62. The number of hydrogen-bond donors (Lipinski definition) is 2. The van der Waals surface area contributed by atoms with Crippen LogP contribution in [-0.2, 0) is 5.92 Å². The van der Waals surface area contributed by atoms with Gasteiger partial charge in [-0.3, -0.25) is 10.00 Å². The molecule has 2 aromatic heterocycles. The first kappa shape index (κ1) is 16.6. The number of fused-ring (bicyclic) bond motifs is 2. The number of anilines is 1. The minimum absolute atomic E-state index is 0.0895. The molecule has 3 heterocycles. The summed E-state index contributed by atoms with van der Waals surface area (Å²) in [5.74, 6) is -1.31. The van der Waals surface area contributed by atoms with Gasteiger partial charge in [-0.15, -0.1) is 0 Å². The SMILES string of the molecule is Cc1ccc(C(F)(F)CN2CC3C(C2)C3Nc2ncnc3[nH]ncc23)cc1. The molecule has 2 N–H and O–H groups in total. The van der Waals surface area contributed by atoms with E-state index in [2.05, 4.69) is 25.5 Å². The van der Waals surface area contributed by atoms with Crippen LogP contribution in [0.1, 0.15) is 11.1 Å². The molecular formula is C19H20F2N6. The summed E-state index contributed by atoms with van der Waals surface area (Å²) in [7, 11) is 0. The quantitative estimate of drug-likeness (QED) is 0.723. The molecule has 27 heavy (non-hydrogen) atoms. The van der Waals surface area contributed by atoms with Gasteiger partial charge in [0, 0.05) is 24.7 Å². The molecule has 0 spiro atoms. The van der Waals surface area contributed by atoms with E-state index in [0.717, 1.165) is 16.8 Å². The summed E-state index contributed by atoms with van der Waals surface area (Å²) in [4.78, 5) is 10.3. The van der Waals surface area contributed by atoms with E-state index in [-0.39, 0.29) is 18.2 Å². The third-order valence-electron chi connectivity index (χ3n) is 5.72. The van der Waals surface area contributed by atoms with Gasteiger partial charge in [-0.2, -0.15) is 13.9 Å². The van der Waals surface area contributed by atoms with Crippen LogP contribution in [0.3, 0.4) is 0 Å². The molecule has 1 aliphatic heterocycles. The molecule has 140 valence electrons. The number of rotatable bonds is 5. The van der Waals surface area contributed by atoms with Crippen molar-refractivity contribution >= 4 is 16.9 Å². The third-order valence-corrected chi connectivity index (χ3v) is 5.72. The normalized spacial score (nSPS) is 24.9.